The lowest BCUT2D eigenvalue weighted by molar-refractivity contribution is 0.251. The van der Waals surface area contributed by atoms with E-state index in [0.717, 1.165) is 17.5 Å². The van der Waals surface area contributed by atoms with Crippen LogP contribution in [-0.4, -0.2) is 9.38 Å². The van der Waals surface area contributed by atoms with E-state index in [0.29, 0.717) is 10.8 Å². The summed E-state index contributed by atoms with van der Waals surface area (Å²) in [6.45, 7) is 24.7. The summed E-state index contributed by atoms with van der Waals surface area (Å²) in [5.74, 6) is 1.61. The van der Waals surface area contributed by atoms with Gasteiger partial charge in [0, 0.05) is 23.5 Å². The molecule has 0 saturated carbocycles. The molecule has 2 aromatic heterocycles. The maximum atomic E-state index is 4.35. The zero-order chi connectivity index (χ0) is 30.4. The van der Waals surface area contributed by atoms with Crippen LogP contribution in [0.2, 0.25) is 0 Å². The van der Waals surface area contributed by atoms with Crippen molar-refractivity contribution in [2.24, 2.45) is 16.7 Å². The molecule has 4 aromatic rings. The van der Waals surface area contributed by atoms with Crippen molar-refractivity contribution in [3.63, 3.8) is 0 Å². The maximum absolute atomic E-state index is 4.35. The molecule has 0 bridgehead atoms. The molecule has 2 aliphatic carbocycles. The summed E-state index contributed by atoms with van der Waals surface area (Å²) >= 11 is 0. The fraction of sp³-hybridized carbons (Fsp3) is 0.513. The fourth-order valence-electron chi connectivity index (χ4n) is 6.12. The summed E-state index contributed by atoms with van der Waals surface area (Å²) in [4.78, 5) is 4.35. The average Bonchev–Trinajstić information content (AvgIpc) is 3.66. The number of hydrogen-bond donors (Lipinski definition) is 0. The van der Waals surface area contributed by atoms with E-state index in [9.17, 15) is 0 Å². The van der Waals surface area contributed by atoms with Crippen LogP contribution < -0.4 is 0 Å². The molecule has 2 aliphatic rings. The number of aryl methyl sites for hydroxylation is 1. The van der Waals surface area contributed by atoms with Gasteiger partial charge in [-0.05, 0) is 82.7 Å². The molecule has 2 aromatic carbocycles. The first-order valence-electron chi connectivity index (χ1n) is 15.8. The molecule has 222 valence electrons. The molecule has 1 atom stereocenters. The molecule has 41 heavy (non-hydrogen) atoms. The highest BCUT2D eigenvalue weighted by Gasteiger charge is 2.32. The molecule has 1 unspecified atom stereocenters. The van der Waals surface area contributed by atoms with Gasteiger partial charge in [0.15, 0.2) is 0 Å². The Morgan fingerprint density at radius 1 is 0.659 bits per heavy atom. The molecule has 0 spiro atoms. The minimum absolute atomic E-state index is 0.154. The molecular formula is C39H56N2. The van der Waals surface area contributed by atoms with Crippen molar-refractivity contribution in [2.75, 3.05) is 0 Å². The van der Waals surface area contributed by atoms with Gasteiger partial charge in [0.2, 0.25) is 0 Å². The lowest BCUT2D eigenvalue weighted by atomic mass is 9.77. The Bertz CT molecular complexity index is 1350. The van der Waals surface area contributed by atoms with Crippen LogP contribution in [-0.2, 0) is 24.7 Å². The molecule has 0 radical (unpaired) electrons. The minimum atomic E-state index is 0.154. The molecule has 0 amide bonds. The highest BCUT2D eigenvalue weighted by atomic mass is 15.0. The van der Waals surface area contributed by atoms with Crippen molar-refractivity contribution < 1.29 is 0 Å². The van der Waals surface area contributed by atoms with Gasteiger partial charge in [-0.25, -0.2) is 4.98 Å². The second-order valence-corrected chi connectivity index (χ2v) is 14.7. The van der Waals surface area contributed by atoms with Crippen LogP contribution in [0.1, 0.15) is 116 Å². The monoisotopic (exact) mass is 552 g/mol. The summed E-state index contributed by atoms with van der Waals surface area (Å²) in [5.41, 5.74) is 9.62. The Kier molecular flexibility index (Phi) is 10.7. The van der Waals surface area contributed by atoms with Crippen LogP contribution in [0, 0.1) is 16.7 Å². The third-order valence-corrected chi connectivity index (χ3v) is 8.64. The molecule has 0 N–H and O–H groups in total. The van der Waals surface area contributed by atoms with E-state index in [4.69, 9.17) is 0 Å². The van der Waals surface area contributed by atoms with Crippen molar-refractivity contribution in [2.45, 2.75) is 113 Å². The highest BCUT2D eigenvalue weighted by molar-refractivity contribution is 5.41. The van der Waals surface area contributed by atoms with Crippen LogP contribution in [0.3, 0.4) is 0 Å². The highest BCUT2D eigenvalue weighted by Crippen LogP contribution is 2.44. The van der Waals surface area contributed by atoms with Crippen LogP contribution in [0.25, 0.3) is 5.65 Å². The summed E-state index contributed by atoms with van der Waals surface area (Å²) in [5, 5.41) is 0. The third kappa shape index (κ3) is 8.34. The Morgan fingerprint density at radius 3 is 1.73 bits per heavy atom. The van der Waals surface area contributed by atoms with Crippen LogP contribution in [0.5, 0.6) is 0 Å². The lowest BCUT2D eigenvalue weighted by Crippen LogP contribution is -2.20. The average molecular weight is 553 g/mol. The van der Waals surface area contributed by atoms with Gasteiger partial charge in [-0.2, -0.15) is 0 Å². The fourth-order valence-corrected chi connectivity index (χ4v) is 6.12. The van der Waals surface area contributed by atoms with E-state index in [2.05, 4.69) is 126 Å². The van der Waals surface area contributed by atoms with Crippen LogP contribution in [0.4, 0.5) is 0 Å². The molecular weight excluding hydrogens is 496 g/mol. The number of benzene rings is 2. The van der Waals surface area contributed by atoms with E-state index in [1.165, 1.54) is 31.4 Å². The Labute approximate surface area is 251 Å². The van der Waals surface area contributed by atoms with Gasteiger partial charge in [0.05, 0.1) is 0 Å². The molecule has 0 aliphatic heterocycles. The Balaban J connectivity index is 0.000000164. The van der Waals surface area contributed by atoms with Crippen LogP contribution >= 0.6 is 0 Å². The topological polar surface area (TPSA) is 17.3 Å². The quantitative estimate of drug-likeness (QED) is 0.212. The van der Waals surface area contributed by atoms with Gasteiger partial charge in [0.25, 0.3) is 0 Å². The van der Waals surface area contributed by atoms with E-state index < -0.39 is 0 Å². The summed E-state index contributed by atoms with van der Waals surface area (Å²) in [6.07, 6.45) is 9.18. The second-order valence-electron chi connectivity index (χ2n) is 14.7. The first-order chi connectivity index (χ1) is 19.2. The first-order valence-corrected chi connectivity index (χ1v) is 15.8. The molecule has 6 rings (SSSR count). The Hall–Kier alpha value is -2.87. The lowest BCUT2D eigenvalue weighted by Gasteiger charge is -2.27. The van der Waals surface area contributed by atoms with Crippen molar-refractivity contribution in [3.05, 3.63) is 107 Å². The zero-order valence-electron chi connectivity index (χ0n) is 27.9. The largest absolute Gasteiger partial charge is 0.304 e. The molecule has 2 nitrogen and oxygen atoms in total. The predicted octanol–water partition coefficient (Wildman–Crippen LogP) is 10.9. The van der Waals surface area contributed by atoms with Crippen molar-refractivity contribution in [1.29, 1.82) is 0 Å². The van der Waals surface area contributed by atoms with E-state index in [-0.39, 0.29) is 5.41 Å². The number of pyridine rings is 1. The number of fused-ring (bicyclic) bond motifs is 3. The smallest absolute Gasteiger partial charge is 0.136 e. The predicted molar refractivity (Wildman–Crippen MR) is 179 cm³/mol. The maximum Gasteiger partial charge on any atom is 0.136 e. The molecule has 0 fully saturated rings. The minimum Gasteiger partial charge on any atom is -0.304 e. The van der Waals surface area contributed by atoms with Crippen LogP contribution in [0.15, 0.2) is 79.1 Å². The first kappa shape index (κ1) is 32.6. The Morgan fingerprint density at radius 2 is 1.20 bits per heavy atom. The van der Waals surface area contributed by atoms with Gasteiger partial charge in [-0.1, -0.05) is 131 Å². The standard InChI is InChI=1S/2C13H18.C11H14N2.C2H6/c1-13(2,3)12-8-10-6-4-5-7-11(10)9-12;1-13(2,3)12-9-8-10-6-4-5-7-11(10)12;1-11(2,3)9-8-12-10-6-4-5-7-13(9)10;1-2/h2*4-7,12H,8-9H2,1-3H3;4-8H,1-3H3;1-2H3. The summed E-state index contributed by atoms with van der Waals surface area (Å²) in [7, 11) is 0. The van der Waals surface area contributed by atoms with E-state index in [1.807, 2.05) is 38.2 Å². The SMILES string of the molecule is CC.CC(C)(C)C1CCc2ccccc21.CC(C)(C)C1Cc2ccccc2C1.CC(C)(C)c1cnc2ccccn12. The van der Waals surface area contributed by atoms with Gasteiger partial charge in [-0.15, -0.1) is 0 Å². The number of aromatic nitrogens is 2. The number of rotatable bonds is 0. The second kappa shape index (κ2) is 13.4. The van der Waals surface area contributed by atoms with Gasteiger partial charge in [-0.3, -0.25) is 0 Å². The van der Waals surface area contributed by atoms with Crippen molar-refractivity contribution in [3.8, 4) is 0 Å². The number of imidazole rings is 1. The van der Waals surface area contributed by atoms with E-state index in [1.54, 1.807) is 22.3 Å². The molecule has 2 heteroatoms. The zero-order valence-corrected chi connectivity index (χ0v) is 27.9. The van der Waals surface area contributed by atoms with E-state index >= 15 is 0 Å². The van der Waals surface area contributed by atoms with Crippen molar-refractivity contribution >= 4 is 5.65 Å². The van der Waals surface area contributed by atoms with Gasteiger partial charge in [0.1, 0.15) is 5.65 Å². The van der Waals surface area contributed by atoms with Gasteiger partial charge < -0.3 is 4.40 Å². The van der Waals surface area contributed by atoms with Crippen molar-refractivity contribution in [1.82, 2.24) is 9.38 Å². The normalized spacial score (nSPS) is 16.4. The molecule has 0 saturated heterocycles. The summed E-state index contributed by atoms with van der Waals surface area (Å²) < 4.78 is 2.14. The third-order valence-electron chi connectivity index (χ3n) is 8.64. The molecule has 2 heterocycles. The van der Waals surface area contributed by atoms with Gasteiger partial charge >= 0.3 is 0 Å². The number of nitrogens with zero attached hydrogens (tertiary/aromatic N) is 2. The number of hydrogen-bond acceptors (Lipinski definition) is 1. The summed E-state index contributed by atoms with van der Waals surface area (Å²) in [6, 6.07) is 23.8.